The first-order valence-electron chi connectivity index (χ1n) is 7.70. The molecule has 0 aromatic carbocycles. The summed E-state index contributed by atoms with van der Waals surface area (Å²) in [5.74, 6) is 0.476. The van der Waals surface area contributed by atoms with E-state index in [-0.39, 0.29) is 0 Å². The number of rotatable bonds is 9. The van der Waals surface area contributed by atoms with Crippen LogP contribution in [-0.2, 0) is 10.2 Å². The van der Waals surface area contributed by atoms with Gasteiger partial charge < -0.3 is 10.6 Å². The molecule has 0 aliphatic carbocycles. The van der Waals surface area contributed by atoms with Gasteiger partial charge in [0.25, 0.3) is 10.2 Å². The van der Waals surface area contributed by atoms with Gasteiger partial charge in [-0.25, -0.2) is 4.72 Å². The molecule has 1 rings (SSSR count). The number of nitrogens with zero attached hydrogens (tertiary/aromatic N) is 2. The molecule has 3 N–H and O–H groups in total. The number of piperidine rings is 1. The van der Waals surface area contributed by atoms with Crippen molar-refractivity contribution in [1.29, 1.82) is 0 Å². The van der Waals surface area contributed by atoms with Gasteiger partial charge in [-0.1, -0.05) is 13.8 Å². The lowest BCUT2D eigenvalue weighted by Crippen LogP contribution is -2.46. The van der Waals surface area contributed by atoms with Gasteiger partial charge in [-0.15, -0.1) is 0 Å². The summed E-state index contributed by atoms with van der Waals surface area (Å²) in [7, 11) is -3.30. The summed E-state index contributed by atoms with van der Waals surface area (Å²) in [4.78, 5) is 2.29. The van der Waals surface area contributed by atoms with E-state index in [0.717, 1.165) is 38.9 Å². The number of hydrogen-bond donors (Lipinski definition) is 2. The van der Waals surface area contributed by atoms with Crippen LogP contribution in [0, 0.1) is 5.92 Å². The largest absolute Gasteiger partial charge is 0.330 e. The van der Waals surface area contributed by atoms with E-state index in [4.69, 9.17) is 5.73 Å². The summed E-state index contributed by atoms with van der Waals surface area (Å²) >= 11 is 0. The molecular formula is C13H30N4O2S. The lowest BCUT2D eigenvalue weighted by Gasteiger charge is -2.30. The smallest absolute Gasteiger partial charge is 0.279 e. The van der Waals surface area contributed by atoms with E-state index >= 15 is 0 Å². The summed E-state index contributed by atoms with van der Waals surface area (Å²) < 4.78 is 28.5. The third-order valence-corrected chi connectivity index (χ3v) is 5.69. The first-order chi connectivity index (χ1) is 9.53. The Kier molecular flexibility index (Phi) is 7.98. The van der Waals surface area contributed by atoms with Gasteiger partial charge in [0.05, 0.1) is 0 Å². The van der Waals surface area contributed by atoms with Crippen molar-refractivity contribution in [1.82, 2.24) is 13.9 Å². The maximum absolute atomic E-state index is 12.1. The van der Waals surface area contributed by atoms with E-state index < -0.39 is 10.2 Å². The van der Waals surface area contributed by atoms with Gasteiger partial charge in [-0.05, 0) is 51.4 Å². The van der Waals surface area contributed by atoms with E-state index in [1.54, 1.807) is 4.31 Å². The van der Waals surface area contributed by atoms with Crippen LogP contribution in [0.5, 0.6) is 0 Å². The molecular weight excluding hydrogens is 276 g/mol. The summed E-state index contributed by atoms with van der Waals surface area (Å²) in [6.45, 7) is 9.54. The Morgan fingerprint density at radius 1 is 1.25 bits per heavy atom. The zero-order valence-corrected chi connectivity index (χ0v) is 13.7. The minimum absolute atomic E-state index is 0.476. The van der Waals surface area contributed by atoms with Crippen LogP contribution >= 0.6 is 0 Å². The van der Waals surface area contributed by atoms with Crippen LogP contribution in [0.15, 0.2) is 0 Å². The monoisotopic (exact) mass is 306 g/mol. The third kappa shape index (κ3) is 5.65. The van der Waals surface area contributed by atoms with Crippen LogP contribution in [0.25, 0.3) is 0 Å². The highest BCUT2D eigenvalue weighted by Crippen LogP contribution is 2.17. The Balaban J connectivity index is 2.28. The van der Waals surface area contributed by atoms with Crippen LogP contribution < -0.4 is 10.5 Å². The van der Waals surface area contributed by atoms with Gasteiger partial charge in [0.1, 0.15) is 0 Å². The molecule has 0 aromatic heterocycles. The number of nitrogens with two attached hydrogens (primary N) is 1. The Bertz CT molecular complexity index is 349. The predicted molar refractivity (Wildman–Crippen MR) is 82.7 cm³/mol. The lowest BCUT2D eigenvalue weighted by molar-refractivity contribution is 0.274. The molecule has 20 heavy (non-hydrogen) atoms. The summed E-state index contributed by atoms with van der Waals surface area (Å²) in [5.41, 5.74) is 5.62. The molecule has 120 valence electrons. The molecule has 7 heteroatoms. The van der Waals surface area contributed by atoms with E-state index in [2.05, 4.69) is 23.5 Å². The minimum Gasteiger partial charge on any atom is -0.330 e. The molecule has 1 heterocycles. The van der Waals surface area contributed by atoms with Crippen molar-refractivity contribution >= 4 is 10.2 Å². The van der Waals surface area contributed by atoms with Crippen molar-refractivity contribution < 1.29 is 8.42 Å². The molecule has 1 fully saturated rings. The average molecular weight is 306 g/mol. The van der Waals surface area contributed by atoms with Crippen molar-refractivity contribution in [3.8, 4) is 0 Å². The SMILES string of the molecule is CCN(CC)CCCNS(=O)(=O)N1CCC(CN)CC1. The molecule has 0 aromatic rings. The first-order valence-corrected chi connectivity index (χ1v) is 9.14. The first kappa shape index (κ1) is 17.8. The number of nitrogens with one attached hydrogen (secondary N) is 1. The average Bonchev–Trinajstić information content (AvgIpc) is 2.47. The molecule has 0 saturated carbocycles. The maximum Gasteiger partial charge on any atom is 0.279 e. The highest BCUT2D eigenvalue weighted by atomic mass is 32.2. The van der Waals surface area contributed by atoms with Crippen molar-refractivity contribution in [3.05, 3.63) is 0 Å². The van der Waals surface area contributed by atoms with E-state index in [9.17, 15) is 8.42 Å². The van der Waals surface area contributed by atoms with Crippen LogP contribution in [0.1, 0.15) is 33.1 Å². The molecule has 0 radical (unpaired) electrons. The van der Waals surface area contributed by atoms with Crippen molar-refractivity contribution in [2.75, 3.05) is 45.8 Å². The fraction of sp³-hybridized carbons (Fsp3) is 1.00. The van der Waals surface area contributed by atoms with E-state index in [1.807, 2.05) is 0 Å². The zero-order chi connectivity index (χ0) is 15.0. The molecule has 1 aliphatic rings. The van der Waals surface area contributed by atoms with Gasteiger partial charge >= 0.3 is 0 Å². The van der Waals surface area contributed by atoms with Crippen molar-refractivity contribution in [2.24, 2.45) is 11.7 Å². The van der Waals surface area contributed by atoms with E-state index in [0.29, 0.717) is 32.1 Å². The molecule has 1 saturated heterocycles. The standard InChI is InChI=1S/C13H30N4O2S/c1-3-16(4-2)9-5-8-15-20(18,19)17-10-6-13(12-14)7-11-17/h13,15H,3-12,14H2,1-2H3. The van der Waals surface area contributed by atoms with Gasteiger partial charge in [0.15, 0.2) is 0 Å². The third-order valence-electron chi connectivity index (χ3n) is 4.08. The maximum atomic E-state index is 12.1. The van der Waals surface area contributed by atoms with Crippen LogP contribution in [0.2, 0.25) is 0 Å². The quantitative estimate of drug-likeness (QED) is 0.598. The molecule has 6 nitrogen and oxygen atoms in total. The number of hydrogen-bond acceptors (Lipinski definition) is 4. The normalized spacial score (nSPS) is 18.8. The van der Waals surface area contributed by atoms with Gasteiger partial charge in [-0.3, -0.25) is 0 Å². The summed E-state index contributed by atoms with van der Waals surface area (Å²) in [6.07, 6.45) is 2.59. The molecule has 0 atom stereocenters. The van der Waals surface area contributed by atoms with Gasteiger partial charge in [0, 0.05) is 19.6 Å². The minimum atomic E-state index is -3.30. The Morgan fingerprint density at radius 3 is 2.35 bits per heavy atom. The Hall–Kier alpha value is -0.210. The van der Waals surface area contributed by atoms with E-state index in [1.165, 1.54) is 0 Å². The highest BCUT2D eigenvalue weighted by molar-refractivity contribution is 7.87. The lowest BCUT2D eigenvalue weighted by atomic mass is 9.99. The van der Waals surface area contributed by atoms with Gasteiger partial charge in [0.2, 0.25) is 0 Å². The second-order valence-corrected chi connectivity index (χ2v) is 7.11. The summed E-state index contributed by atoms with van der Waals surface area (Å²) in [5, 5.41) is 0. The predicted octanol–water partition coefficient (Wildman–Crippen LogP) is 0.223. The fourth-order valence-corrected chi connectivity index (χ4v) is 3.80. The molecule has 1 aliphatic heterocycles. The topological polar surface area (TPSA) is 78.7 Å². The highest BCUT2D eigenvalue weighted by Gasteiger charge is 2.26. The van der Waals surface area contributed by atoms with Crippen LogP contribution in [0.3, 0.4) is 0 Å². The second kappa shape index (κ2) is 8.94. The fourth-order valence-electron chi connectivity index (χ4n) is 2.52. The van der Waals surface area contributed by atoms with Gasteiger partial charge in [-0.2, -0.15) is 12.7 Å². The van der Waals surface area contributed by atoms with Crippen molar-refractivity contribution in [2.45, 2.75) is 33.1 Å². The van der Waals surface area contributed by atoms with Crippen LogP contribution in [0.4, 0.5) is 0 Å². The second-order valence-electron chi connectivity index (χ2n) is 5.36. The zero-order valence-electron chi connectivity index (χ0n) is 12.8. The molecule has 0 spiro atoms. The molecule has 0 bridgehead atoms. The Labute approximate surface area is 123 Å². The van der Waals surface area contributed by atoms with Crippen LogP contribution in [-0.4, -0.2) is 63.4 Å². The Morgan fingerprint density at radius 2 is 1.85 bits per heavy atom. The summed E-state index contributed by atoms with van der Waals surface area (Å²) in [6, 6.07) is 0. The molecule has 0 unspecified atom stereocenters. The molecule has 0 amide bonds. The van der Waals surface area contributed by atoms with Crippen molar-refractivity contribution in [3.63, 3.8) is 0 Å².